The van der Waals surface area contributed by atoms with E-state index in [2.05, 4.69) is 24.2 Å². The molecule has 1 rings (SSSR count). The Bertz CT molecular complexity index is 690. The molecule has 1 heterocycles. The number of carbonyl (C=O) groups is 1. The van der Waals surface area contributed by atoms with Crippen molar-refractivity contribution >= 4 is 5.97 Å². The summed E-state index contributed by atoms with van der Waals surface area (Å²) >= 11 is 0. The Hall–Kier alpha value is -1.47. The van der Waals surface area contributed by atoms with Crippen LogP contribution < -0.4 is 0 Å². The number of aryl methyl sites for hydroxylation is 1. The maximum absolute atomic E-state index is 11.0. The number of aromatic nitrogens is 3. The number of aliphatic hydroxyl groups excluding tert-OH is 1. The van der Waals surface area contributed by atoms with Crippen molar-refractivity contribution in [3.63, 3.8) is 0 Å². The molecule has 1 aromatic rings. The van der Waals surface area contributed by atoms with Gasteiger partial charge < -0.3 is 14.9 Å². The summed E-state index contributed by atoms with van der Waals surface area (Å²) in [5.74, 6) is -0.678. The predicted octanol–water partition coefficient (Wildman–Crippen LogP) is 7.06. The van der Waals surface area contributed by atoms with Crippen molar-refractivity contribution < 1.29 is 19.7 Å². The zero-order valence-electron chi connectivity index (χ0n) is 23.8. The van der Waals surface area contributed by atoms with E-state index in [4.69, 9.17) is 9.84 Å². The second-order valence-corrected chi connectivity index (χ2v) is 11.1. The summed E-state index contributed by atoms with van der Waals surface area (Å²) in [5.41, 5.74) is 1.42. The Balaban J connectivity index is 2.29. The van der Waals surface area contributed by atoms with Crippen LogP contribution in [0.3, 0.4) is 0 Å². The molecule has 2 N–H and O–H groups in total. The monoisotopic (exact) mass is 509 g/mol. The first kappa shape index (κ1) is 32.6. The second kappa shape index (κ2) is 19.6. The van der Waals surface area contributed by atoms with E-state index in [1.807, 2.05) is 18.5 Å². The molecule has 0 amide bonds. The lowest BCUT2D eigenvalue weighted by Crippen LogP contribution is -2.28. The Labute approximate surface area is 220 Å². The van der Waals surface area contributed by atoms with Gasteiger partial charge in [-0.3, -0.25) is 4.79 Å². The van der Waals surface area contributed by atoms with Crippen LogP contribution in [0.25, 0.3) is 0 Å². The molecule has 0 fully saturated rings. The van der Waals surface area contributed by atoms with E-state index in [-0.39, 0.29) is 18.9 Å². The first-order valence-corrected chi connectivity index (χ1v) is 14.7. The highest BCUT2D eigenvalue weighted by atomic mass is 16.5. The smallest absolute Gasteiger partial charge is 0.306 e. The van der Waals surface area contributed by atoms with Gasteiger partial charge >= 0.3 is 5.97 Å². The number of carboxylic acid groups (broad SMARTS) is 1. The lowest BCUT2D eigenvalue weighted by atomic mass is 9.98. The normalized spacial score (nSPS) is 12.8. The number of hydrogen-bond donors (Lipinski definition) is 2. The second-order valence-electron chi connectivity index (χ2n) is 11.1. The van der Waals surface area contributed by atoms with Crippen molar-refractivity contribution in [3.8, 4) is 0 Å². The highest BCUT2D eigenvalue weighted by molar-refractivity contribution is 5.67. The molecule has 7 nitrogen and oxygen atoms in total. The van der Waals surface area contributed by atoms with Crippen LogP contribution in [0.2, 0.25) is 0 Å². The van der Waals surface area contributed by atoms with Gasteiger partial charge in [0.05, 0.1) is 36.6 Å². The molecule has 1 atom stereocenters. The fourth-order valence-corrected chi connectivity index (χ4v) is 4.88. The van der Waals surface area contributed by atoms with E-state index in [9.17, 15) is 9.90 Å². The Morgan fingerprint density at radius 1 is 0.944 bits per heavy atom. The zero-order valence-corrected chi connectivity index (χ0v) is 23.8. The van der Waals surface area contributed by atoms with Crippen LogP contribution in [0.15, 0.2) is 0 Å². The molecular weight excluding hydrogens is 454 g/mol. The number of nitrogens with zero attached hydrogens (tertiary/aromatic N) is 3. The average Bonchev–Trinajstić information content (AvgIpc) is 3.21. The molecule has 0 aliphatic heterocycles. The maximum atomic E-state index is 11.0. The molecule has 0 spiro atoms. The van der Waals surface area contributed by atoms with Gasteiger partial charge in [0, 0.05) is 12.5 Å². The lowest BCUT2D eigenvalue weighted by molar-refractivity contribution is -0.143. The number of hydrogen-bond acceptors (Lipinski definition) is 5. The van der Waals surface area contributed by atoms with Crippen molar-refractivity contribution in [3.05, 3.63) is 11.4 Å². The zero-order chi connectivity index (χ0) is 26.7. The molecule has 0 saturated heterocycles. The summed E-state index contributed by atoms with van der Waals surface area (Å²) < 4.78 is 7.68. The largest absolute Gasteiger partial charge is 0.481 e. The summed E-state index contributed by atoms with van der Waals surface area (Å²) in [7, 11) is 0. The summed E-state index contributed by atoms with van der Waals surface area (Å²) in [4.78, 5) is 11.0. The molecule has 0 saturated carbocycles. The minimum absolute atomic E-state index is 0.0181. The van der Waals surface area contributed by atoms with Gasteiger partial charge in [-0.2, -0.15) is 0 Å². The number of carboxylic acids is 1. The van der Waals surface area contributed by atoms with Gasteiger partial charge in [0.25, 0.3) is 0 Å². The Kier molecular flexibility index (Phi) is 17.7. The maximum Gasteiger partial charge on any atom is 0.306 e. The first-order chi connectivity index (χ1) is 17.3. The van der Waals surface area contributed by atoms with Crippen LogP contribution in [0.5, 0.6) is 0 Å². The van der Waals surface area contributed by atoms with Crippen LogP contribution in [-0.2, 0) is 22.5 Å². The third kappa shape index (κ3) is 14.9. The van der Waals surface area contributed by atoms with Gasteiger partial charge in [0.15, 0.2) is 0 Å². The molecule has 0 radical (unpaired) electrons. The van der Waals surface area contributed by atoms with Crippen molar-refractivity contribution in [1.29, 1.82) is 0 Å². The van der Waals surface area contributed by atoms with Crippen LogP contribution in [-0.4, -0.2) is 50.0 Å². The Morgan fingerprint density at radius 3 is 1.97 bits per heavy atom. The average molecular weight is 510 g/mol. The van der Waals surface area contributed by atoms with Crippen molar-refractivity contribution in [2.75, 3.05) is 13.2 Å². The number of rotatable bonds is 24. The molecule has 7 heteroatoms. The van der Waals surface area contributed by atoms with Crippen molar-refractivity contribution in [2.24, 2.45) is 0 Å². The van der Waals surface area contributed by atoms with E-state index in [1.54, 1.807) is 0 Å². The van der Waals surface area contributed by atoms with E-state index in [0.29, 0.717) is 13.2 Å². The third-order valence-electron chi connectivity index (χ3n) is 7.01. The van der Waals surface area contributed by atoms with Crippen LogP contribution in [0, 0.1) is 0 Å². The van der Waals surface area contributed by atoms with Crippen LogP contribution in [0.4, 0.5) is 0 Å². The highest BCUT2D eigenvalue weighted by Gasteiger charge is 2.24. The van der Waals surface area contributed by atoms with Gasteiger partial charge in [0.1, 0.15) is 0 Å². The first-order valence-electron chi connectivity index (χ1n) is 14.7. The van der Waals surface area contributed by atoms with E-state index in [1.165, 1.54) is 83.5 Å². The number of aliphatic carboxylic acids is 1. The molecule has 0 aliphatic rings. The van der Waals surface area contributed by atoms with Crippen LogP contribution in [0.1, 0.15) is 148 Å². The Morgan fingerprint density at radius 2 is 1.47 bits per heavy atom. The lowest BCUT2D eigenvalue weighted by Gasteiger charge is -2.24. The van der Waals surface area contributed by atoms with Gasteiger partial charge in [-0.1, -0.05) is 103 Å². The highest BCUT2D eigenvalue weighted by Crippen LogP contribution is 2.25. The third-order valence-corrected chi connectivity index (χ3v) is 7.01. The summed E-state index contributed by atoms with van der Waals surface area (Å²) in [6.07, 6.45) is 20.5. The van der Waals surface area contributed by atoms with Gasteiger partial charge in [-0.05, 0) is 33.1 Å². The summed E-state index contributed by atoms with van der Waals surface area (Å²) in [5, 5.41) is 27.2. The fourth-order valence-electron chi connectivity index (χ4n) is 4.88. The molecule has 0 aromatic carbocycles. The SMILES string of the molecule is CCCCCCCCCCCCCCCCc1nnn(CCO)c1C(C)CCOC(C)(C)CC(=O)O. The van der Waals surface area contributed by atoms with E-state index < -0.39 is 11.6 Å². The number of unbranched alkanes of at least 4 members (excludes halogenated alkanes) is 13. The standard InChI is InChI=1S/C29H55N3O4/c1-5-6-7-8-9-10-11-12-13-14-15-16-17-18-19-26-28(32(21-22-33)31-30-26)25(2)20-23-36-29(3,4)24-27(34)35/h25,33H,5-24H2,1-4H3,(H,34,35). The van der Waals surface area contributed by atoms with Crippen LogP contribution >= 0.6 is 0 Å². The fraction of sp³-hybridized carbons (Fsp3) is 0.897. The quantitative estimate of drug-likeness (QED) is 0.145. The number of ether oxygens (including phenoxy) is 1. The predicted molar refractivity (Wildman–Crippen MR) is 146 cm³/mol. The van der Waals surface area contributed by atoms with Crippen molar-refractivity contribution in [2.45, 2.75) is 155 Å². The van der Waals surface area contributed by atoms with E-state index >= 15 is 0 Å². The van der Waals surface area contributed by atoms with E-state index in [0.717, 1.165) is 30.7 Å². The molecule has 0 bridgehead atoms. The summed E-state index contributed by atoms with van der Waals surface area (Å²) in [6, 6.07) is 0. The van der Waals surface area contributed by atoms with Crippen molar-refractivity contribution in [1.82, 2.24) is 15.0 Å². The number of aliphatic hydroxyl groups is 1. The minimum atomic E-state index is -0.853. The van der Waals surface area contributed by atoms with Gasteiger partial charge in [-0.25, -0.2) is 4.68 Å². The summed E-state index contributed by atoms with van der Waals surface area (Å²) in [6.45, 7) is 8.98. The minimum Gasteiger partial charge on any atom is -0.481 e. The molecule has 0 aliphatic carbocycles. The molecule has 1 unspecified atom stereocenters. The molecule has 36 heavy (non-hydrogen) atoms. The molecule has 1 aromatic heterocycles. The van der Waals surface area contributed by atoms with Gasteiger partial charge in [0.2, 0.25) is 0 Å². The topological polar surface area (TPSA) is 97.5 Å². The molecular formula is C29H55N3O4. The molecule has 210 valence electrons. The van der Waals surface area contributed by atoms with Gasteiger partial charge in [-0.15, -0.1) is 5.10 Å².